The lowest BCUT2D eigenvalue weighted by Gasteiger charge is -2.19. The second-order valence-corrected chi connectivity index (χ2v) is 5.84. The van der Waals surface area contributed by atoms with Crippen molar-refractivity contribution in [1.29, 1.82) is 0 Å². The molecule has 0 saturated carbocycles. The summed E-state index contributed by atoms with van der Waals surface area (Å²) in [5.74, 6) is -0.703. The highest BCUT2D eigenvalue weighted by Gasteiger charge is 2.14. The standard InChI is InChI=1S/C18H18ClFN2O3/c1-22(11-13-8-14(19)6-7-16(13)25-2)17(23)10-21-18(24)12-4-3-5-15(20)9-12/h3-9H,10-11H2,1-2H3,(H,21,24). The van der Waals surface area contributed by atoms with Crippen molar-refractivity contribution in [3.63, 3.8) is 0 Å². The summed E-state index contributed by atoms with van der Waals surface area (Å²) in [5.41, 5.74) is 0.911. The van der Waals surface area contributed by atoms with Crippen LogP contribution in [-0.2, 0) is 11.3 Å². The Morgan fingerprint density at radius 3 is 2.68 bits per heavy atom. The normalized spacial score (nSPS) is 10.2. The van der Waals surface area contributed by atoms with Crippen molar-refractivity contribution in [2.24, 2.45) is 0 Å². The zero-order chi connectivity index (χ0) is 18.4. The molecular weight excluding hydrogens is 347 g/mol. The van der Waals surface area contributed by atoms with Gasteiger partial charge in [-0.2, -0.15) is 0 Å². The van der Waals surface area contributed by atoms with E-state index < -0.39 is 11.7 Å². The van der Waals surface area contributed by atoms with Gasteiger partial charge in [-0.05, 0) is 36.4 Å². The Morgan fingerprint density at radius 1 is 1.24 bits per heavy atom. The molecule has 0 bridgehead atoms. The molecule has 0 aromatic heterocycles. The number of carbonyl (C=O) groups excluding carboxylic acids is 2. The van der Waals surface area contributed by atoms with E-state index in [-0.39, 0.29) is 24.6 Å². The smallest absolute Gasteiger partial charge is 0.251 e. The van der Waals surface area contributed by atoms with Crippen LogP contribution in [0, 0.1) is 5.82 Å². The van der Waals surface area contributed by atoms with Gasteiger partial charge >= 0.3 is 0 Å². The predicted octanol–water partition coefficient (Wildman–Crippen LogP) is 2.88. The molecular formula is C18H18ClFN2O3. The number of ether oxygens (including phenoxy) is 1. The van der Waals surface area contributed by atoms with Gasteiger partial charge in [-0.25, -0.2) is 4.39 Å². The van der Waals surface area contributed by atoms with Crippen LogP contribution >= 0.6 is 11.6 Å². The van der Waals surface area contributed by atoms with Crippen LogP contribution in [0.25, 0.3) is 0 Å². The molecule has 0 aliphatic heterocycles. The summed E-state index contributed by atoms with van der Waals surface area (Å²) >= 11 is 5.97. The van der Waals surface area contributed by atoms with Gasteiger partial charge in [0.25, 0.3) is 5.91 Å². The molecule has 2 aromatic carbocycles. The summed E-state index contributed by atoms with van der Waals surface area (Å²) < 4.78 is 18.4. The summed E-state index contributed by atoms with van der Waals surface area (Å²) in [4.78, 5) is 25.6. The number of nitrogens with one attached hydrogen (secondary N) is 1. The lowest BCUT2D eigenvalue weighted by molar-refractivity contribution is -0.129. The minimum atomic E-state index is -0.512. The van der Waals surface area contributed by atoms with E-state index in [1.807, 2.05) is 0 Å². The van der Waals surface area contributed by atoms with Gasteiger partial charge in [0, 0.05) is 29.7 Å². The number of benzene rings is 2. The van der Waals surface area contributed by atoms with Gasteiger partial charge in [0.05, 0.1) is 13.7 Å². The zero-order valence-electron chi connectivity index (χ0n) is 13.9. The first-order valence-corrected chi connectivity index (χ1v) is 7.88. The molecule has 5 nitrogen and oxygen atoms in total. The molecule has 2 rings (SSSR count). The minimum Gasteiger partial charge on any atom is -0.496 e. The number of carbonyl (C=O) groups is 2. The van der Waals surface area contributed by atoms with E-state index in [1.165, 1.54) is 30.2 Å². The third kappa shape index (κ3) is 5.19. The maximum absolute atomic E-state index is 13.1. The van der Waals surface area contributed by atoms with Crippen molar-refractivity contribution < 1.29 is 18.7 Å². The molecule has 0 unspecified atom stereocenters. The summed E-state index contributed by atoms with van der Waals surface area (Å²) in [7, 11) is 3.14. The molecule has 25 heavy (non-hydrogen) atoms. The Bertz CT molecular complexity index is 783. The summed E-state index contributed by atoms with van der Waals surface area (Å²) in [6.07, 6.45) is 0. The van der Waals surface area contributed by atoms with Gasteiger partial charge in [0.1, 0.15) is 11.6 Å². The molecule has 1 N–H and O–H groups in total. The number of amides is 2. The number of halogens is 2. The molecule has 0 aliphatic rings. The topological polar surface area (TPSA) is 58.6 Å². The molecule has 2 amide bonds. The molecule has 0 fully saturated rings. The van der Waals surface area contributed by atoms with Gasteiger partial charge in [0.15, 0.2) is 0 Å². The van der Waals surface area contributed by atoms with E-state index in [9.17, 15) is 14.0 Å². The number of hydrogen-bond donors (Lipinski definition) is 1. The van der Waals surface area contributed by atoms with Crippen LogP contribution in [0.4, 0.5) is 4.39 Å². The third-order valence-electron chi connectivity index (χ3n) is 3.56. The molecule has 0 saturated heterocycles. The van der Waals surface area contributed by atoms with Crippen LogP contribution in [-0.4, -0.2) is 37.4 Å². The lowest BCUT2D eigenvalue weighted by atomic mass is 10.2. The zero-order valence-corrected chi connectivity index (χ0v) is 14.6. The maximum atomic E-state index is 13.1. The molecule has 132 valence electrons. The van der Waals surface area contributed by atoms with Crippen LogP contribution in [0.2, 0.25) is 5.02 Å². The van der Waals surface area contributed by atoms with E-state index in [4.69, 9.17) is 16.3 Å². The monoisotopic (exact) mass is 364 g/mol. The SMILES string of the molecule is COc1ccc(Cl)cc1CN(C)C(=O)CNC(=O)c1cccc(F)c1. The predicted molar refractivity (Wildman–Crippen MR) is 93.2 cm³/mol. The molecule has 0 heterocycles. The van der Waals surface area contributed by atoms with Crippen molar-refractivity contribution in [2.75, 3.05) is 20.7 Å². The van der Waals surface area contributed by atoms with E-state index in [2.05, 4.69) is 5.32 Å². The van der Waals surface area contributed by atoms with Crippen LogP contribution in [0.1, 0.15) is 15.9 Å². The van der Waals surface area contributed by atoms with Gasteiger partial charge in [-0.15, -0.1) is 0 Å². The average Bonchev–Trinajstić information content (AvgIpc) is 2.59. The molecule has 7 heteroatoms. The first-order valence-electron chi connectivity index (χ1n) is 7.51. The van der Waals surface area contributed by atoms with E-state index in [0.717, 1.165) is 11.6 Å². The van der Waals surface area contributed by atoms with Gasteiger partial charge < -0.3 is 15.0 Å². The van der Waals surface area contributed by atoms with Gasteiger partial charge in [0.2, 0.25) is 5.91 Å². The summed E-state index contributed by atoms with van der Waals surface area (Å²) in [6, 6.07) is 10.4. The second kappa shape index (κ2) is 8.48. The fourth-order valence-corrected chi connectivity index (χ4v) is 2.43. The molecule has 0 atom stereocenters. The average molecular weight is 365 g/mol. The van der Waals surface area contributed by atoms with Crippen LogP contribution < -0.4 is 10.1 Å². The largest absolute Gasteiger partial charge is 0.496 e. The van der Waals surface area contributed by atoms with E-state index >= 15 is 0 Å². The molecule has 2 aromatic rings. The van der Waals surface area contributed by atoms with Crippen LogP contribution in [0.5, 0.6) is 5.75 Å². The fraction of sp³-hybridized carbons (Fsp3) is 0.222. The van der Waals surface area contributed by atoms with Crippen LogP contribution in [0.3, 0.4) is 0 Å². The Morgan fingerprint density at radius 2 is 2.00 bits per heavy atom. The Labute approximate surface area is 150 Å². The first kappa shape index (κ1) is 18.7. The number of hydrogen-bond acceptors (Lipinski definition) is 3. The first-order chi connectivity index (χ1) is 11.9. The minimum absolute atomic E-state index is 0.159. The summed E-state index contributed by atoms with van der Waals surface area (Å²) in [6.45, 7) is 0.0765. The van der Waals surface area contributed by atoms with Crippen molar-refractivity contribution in [2.45, 2.75) is 6.54 Å². The molecule has 0 radical (unpaired) electrons. The maximum Gasteiger partial charge on any atom is 0.251 e. The molecule has 0 spiro atoms. The van der Waals surface area contributed by atoms with Crippen molar-refractivity contribution in [1.82, 2.24) is 10.2 Å². The Kier molecular flexibility index (Phi) is 6.36. The van der Waals surface area contributed by atoms with Gasteiger partial charge in [-0.3, -0.25) is 9.59 Å². The van der Waals surface area contributed by atoms with E-state index in [1.54, 1.807) is 25.2 Å². The number of methoxy groups -OCH3 is 1. The van der Waals surface area contributed by atoms with Crippen molar-refractivity contribution in [3.05, 3.63) is 64.4 Å². The van der Waals surface area contributed by atoms with Crippen molar-refractivity contribution >= 4 is 23.4 Å². The van der Waals surface area contributed by atoms with E-state index in [0.29, 0.717) is 10.8 Å². The van der Waals surface area contributed by atoms with Gasteiger partial charge in [-0.1, -0.05) is 17.7 Å². The number of nitrogens with zero attached hydrogens (tertiary/aromatic N) is 1. The fourth-order valence-electron chi connectivity index (χ4n) is 2.24. The Hall–Kier alpha value is -2.60. The lowest BCUT2D eigenvalue weighted by Crippen LogP contribution is -2.37. The van der Waals surface area contributed by atoms with Crippen LogP contribution in [0.15, 0.2) is 42.5 Å². The Balaban J connectivity index is 1.94. The third-order valence-corrected chi connectivity index (χ3v) is 3.80. The highest BCUT2D eigenvalue weighted by molar-refractivity contribution is 6.30. The summed E-state index contributed by atoms with van der Waals surface area (Å²) in [5, 5.41) is 3.02. The number of rotatable bonds is 6. The second-order valence-electron chi connectivity index (χ2n) is 5.40. The molecule has 0 aliphatic carbocycles. The highest BCUT2D eigenvalue weighted by atomic mass is 35.5. The number of likely N-dealkylation sites (N-methyl/N-ethyl adjacent to an activating group) is 1. The quantitative estimate of drug-likeness (QED) is 0.857. The highest BCUT2D eigenvalue weighted by Crippen LogP contribution is 2.23. The van der Waals surface area contributed by atoms with Crippen molar-refractivity contribution in [3.8, 4) is 5.75 Å².